The van der Waals surface area contributed by atoms with Crippen LogP contribution >= 0.6 is 15.9 Å². The lowest BCUT2D eigenvalue weighted by atomic mass is 10.2. The fraction of sp³-hybridized carbons (Fsp3) is 0.333. The summed E-state index contributed by atoms with van der Waals surface area (Å²) in [6.07, 6.45) is 4.49. The molecule has 0 aliphatic rings. The molecule has 1 N–H and O–H groups in total. The smallest absolute Gasteiger partial charge is 0.251 e. The van der Waals surface area contributed by atoms with Gasteiger partial charge < -0.3 is 10.1 Å². The first-order valence-electron chi connectivity index (χ1n) is 6.88. The molecule has 5 nitrogen and oxygen atoms in total. The van der Waals surface area contributed by atoms with Gasteiger partial charge in [0.05, 0.1) is 17.3 Å². The molecule has 6 heteroatoms. The Kier molecular flexibility index (Phi) is 5.80. The van der Waals surface area contributed by atoms with Gasteiger partial charge in [-0.1, -0.05) is 0 Å². The highest BCUT2D eigenvalue weighted by molar-refractivity contribution is 9.10. The number of hydrogen-bond acceptors (Lipinski definition) is 3. The van der Waals surface area contributed by atoms with E-state index in [0.717, 1.165) is 23.2 Å². The predicted molar refractivity (Wildman–Crippen MR) is 84.5 cm³/mol. The third-order valence-corrected chi connectivity index (χ3v) is 3.29. The summed E-state index contributed by atoms with van der Waals surface area (Å²) in [5, 5.41) is 7.06. The normalized spacial score (nSPS) is 10.4. The van der Waals surface area contributed by atoms with Crippen LogP contribution in [-0.2, 0) is 6.54 Å². The highest BCUT2D eigenvalue weighted by Crippen LogP contribution is 2.12. The van der Waals surface area contributed by atoms with Gasteiger partial charge in [-0.2, -0.15) is 5.10 Å². The summed E-state index contributed by atoms with van der Waals surface area (Å²) in [5.74, 6) is 0.706. The van der Waals surface area contributed by atoms with Crippen LogP contribution in [0.2, 0.25) is 0 Å². The number of rotatable bonds is 7. The molecule has 2 aromatic rings. The van der Waals surface area contributed by atoms with Crippen LogP contribution < -0.4 is 10.1 Å². The molecule has 0 aliphatic carbocycles. The van der Waals surface area contributed by atoms with Crippen LogP contribution in [0.15, 0.2) is 41.1 Å². The van der Waals surface area contributed by atoms with Crippen LogP contribution in [0, 0.1) is 0 Å². The maximum absolute atomic E-state index is 11.9. The zero-order valence-corrected chi connectivity index (χ0v) is 13.5. The Balaban J connectivity index is 1.73. The summed E-state index contributed by atoms with van der Waals surface area (Å²) < 4.78 is 8.14. The second kappa shape index (κ2) is 7.83. The number of carbonyl (C=O) groups excluding carboxylic acids is 1. The van der Waals surface area contributed by atoms with E-state index in [1.54, 1.807) is 30.5 Å². The number of ether oxygens (including phenoxy) is 1. The molecule has 1 aromatic carbocycles. The molecule has 0 bridgehead atoms. The summed E-state index contributed by atoms with van der Waals surface area (Å²) in [6, 6.07) is 7.15. The lowest BCUT2D eigenvalue weighted by Gasteiger charge is -2.07. The number of halogens is 1. The first kappa shape index (κ1) is 15.6. The second-order valence-corrected chi connectivity index (χ2v) is 5.40. The van der Waals surface area contributed by atoms with Crippen molar-refractivity contribution in [1.29, 1.82) is 0 Å². The number of aryl methyl sites for hydroxylation is 1. The van der Waals surface area contributed by atoms with E-state index >= 15 is 0 Å². The van der Waals surface area contributed by atoms with Crippen LogP contribution in [-0.4, -0.2) is 28.8 Å². The van der Waals surface area contributed by atoms with Gasteiger partial charge in [0.15, 0.2) is 0 Å². The van der Waals surface area contributed by atoms with Crippen molar-refractivity contribution in [3.63, 3.8) is 0 Å². The molecule has 1 amide bonds. The average molecular weight is 352 g/mol. The molecule has 2 rings (SSSR count). The van der Waals surface area contributed by atoms with Gasteiger partial charge in [-0.15, -0.1) is 0 Å². The Labute approximate surface area is 132 Å². The van der Waals surface area contributed by atoms with Crippen molar-refractivity contribution in [2.45, 2.75) is 19.9 Å². The minimum Gasteiger partial charge on any atom is -0.494 e. The number of nitrogens with zero attached hydrogens (tertiary/aromatic N) is 2. The second-order valence-electron chi connectivity index (χ2n) is 4.49. The topological polar surface area (TPSA) is 56.1 Å². The Hall–Kier alpha value is -1.82. The van der Waals surface area contributed by atoms with Gasteiger partial charge in [0.2, 0.25) is 0 Å². The maximum atomic E-state index is 11.9. The fourth-order valence-electron chi connectivity index (χ4n) is 1.87. The van der Waals surface area contributed by atoms with Crippen LogP contribution in [0.4, 0.5) is 0 Å². The first-order chi connectivity index (χ1) is 10.2. The van der Waals surface area contributed by atoms with Crippen molar-refractivity contribution in [2.24, 2.45) is 0 Å². The van der Waals surface area contributed by atoms with E-state index in [1.165, 1.54) is 0 Å². The quantitative estimate of drug-likeness (QED) is 0.780. The molecule has 112 valence electrons. The van der Waals surface area contributed by atoms with Crippen molar-refractivity contribution >= 4 is 21.8 Å². The standard InChI is InChI=1S/C15H18BrN3O2/c1-2-21-14-6-4-12(5-7-14)15(20)17-8-3-9-19-11-13(16)10-18-19/h4-7,10-11H,2-3,8-9H2,1H3,(H,17,20). The van der Waals surface area contributed by atoms with E-state index in [1.807, 2.05) is 17.8 Å². The van der Waals surface area contributed by atoms with Crippen LogP contribution in [0.5, 0.6) is 5.75 Å². The number of amides is 1. The number of hydrogen-bond donors (Lipinski definition) is 1. The highest BCUT2D eigenvalue weighted by atomic mass is 79.9. The van der Waals surface area contributed by atoms with Gasteiger partial charge in [-0.05, 0) is 53.5 Å². The van der Waals surface area contributed by atoms with Crippen molar-refractivity contribution in [1.82, 2.24) is 15.1 Å². The summed E-state index contributed by atoms with van der Waals surface area (Å²) >= 11 is 3.35. The zero-order chi connectivity index (χ0) is 15.1. The molecule has 0 spiro atoms. The molecule has 0 unspecified atom stereocenters. The summed E-state index contributed by atoms with van der Waals surface area (Å²) in [5.41, 5.74) is 0.639. The number of benzene rings is 1. The van der Waals surface area contributed by atoms with Gasteiger partial charge in [0, 0.05) is 24.8 Å². The SMILES string of the molecule is CCOc1ccc(C(=O)NCCCn2cc(Br)cn2)cc1. The van der Waals surface area contributed by atoms with Gasteiger partial charge >= 0.3 is 0 Å². The first-order valence-corrected chi connectivity index (χ1v) is 7.67. The Morgan fingerprint density at radius 3 is 2.76 bits per heavy atom. The van der Waals surface area contributed by atoms with Crippen LogP contribution in [0.25, 0.3) is 0 Å². The summed E-state index contributed by atoms with van der Waals surface area (Å²) in [7, 11) is 0. The van der Waals surface area contributed by atoms with E-state index in [2.05, 4.69) is 26.3 Å². The molecule has 1 aromatic heterocycles. The molecule has 21 heavy (non-hydrogen) atoms. The van der Waals surface area contributed by atoms with Gasteiger partial charge in [0.25, 0.3) is 5.91 Å². The van der Waals surface area contributed by atoms with E-state index in [-0.39, 0.29) is 5.91 Å². The Bertz CT molecular complexity index is 581. The van der Waals surface area contributed by atoms with Crippen LogP contribution in [0.3, 0.4) is 0 Å². The third kappa shape index (κ3) is 4.90. The zero-order valence-electron chi connectivity index (χ0n) is 11.9. The van der Waals surface area contributed by atoms with Crippen molar-refractivity contribution in [3.8, 4) is 5.75 Å². The van der Waals surface area contributed by atoms with Crippen LogP contribution in [0.1, 0.15) is 23.7 Å². The lowest BCUT2D eigenvalue weighted by Crippen LogP contribution is -2.25. The Morgan fingerprint density at radius 2 is 2.14 bits per heavy atom. The van der Waals surface area contributed by atoms with Crippen molar-refractivity contribution < 1.29 is 9.53 Å². The van der Waals surface area contributed by atoms with Gasteiger partial charge in [-0.25, -0.2) is 0 Å². The minimum atomic E-state index is -0.0697. The molecule has 0 fully saturated rings. The average Bonchev–Trinajstić information content (AvgIpc) is 2.90. The Morgan fingerprint density at radius 1 is 1.38 bits per heavy atom. The lowest BCUT2D eigenvalue weighted by molar-refractivity contribution is 0.0952. The largest absolute Gasteiger partial charge is 0.494 e. The molecule has 0 aliphatic heterocycles. The van der Waals surface area contributed by atoms with E-state index in [0.29, 0.717) is 18.7 Å². The van der Waals surface area contributed by atoms with Gasteiger partial charge in [-0.3, -0.25) is 9.48 Å². The van der Waals surface area contributed by atoms with E-state index in [4.69, 9.17) is 4.74 Å². The molecule has 0 saturated heterocycles. The predicted octanol–water partition coefficient (Wildman–Crippen LogP) is 2.86. The number of carbonyl (C=O) groups is 1. The van der Waals surface area contributed by atoms with E-state index < -0.39 is 0 Å². The number of nitrogens with one attached hydrogen (secondary N) is 1. The molecular weight excluding hydrogens is 334 g/mol. The highest BCUT2D eigenvalue weighted by Gasteiger charge is 2.05. The molecule has 0 radical (unpaired) electrons. The third-order valence-electron chi connectivity index (χ3n) is 2.88. The summed E-state index contributed by atoms with van der Waals surface area (Å²) in [4.78, 5) is 11.9. The van der Waals surface area contributed by atoms with Gasteiger partial charge in [0.1, 0.15) is 5.75 Å². The molecule has 0 atom stereocenters. The molecule has 1 heterocycles. The molecular formula is C15H18BrN3O2. The van der Waals surface area contributed by atoms with Crippen molar-refractivity contribution in [2.75, 3.05) is 13.2 Å². The minimum absolute atomic E-state index is 0.0697. The monoisotopic (exact) mass is 351 g/mol. The number of aromatic nitrogens is 2. The summed E-state index contributed by atoms with van der Waals surface area (Å²) in [6.45, 7) is 3.94. The van der Waals surface area contributed by atoms with Crippen molar-refractivity contribution in [3.05, 3.63) is 46.7 Å². The fourth-order valence-corrected chi connectivity index (χ4v) is 2.20. The molecule has 0 saturated carbocycles. The maximum Gasteiger partial charge on any atom is 0.251 e. The van der Waals surface area contributed by atoms with E-state index in [9.17, 15) is 4.79 Å².